The fraction of sp³-hybridized carbons (Fsp3) is 0.526. The molecule has 0 spiro atoms. The summed E-state index contributed by atoms with van der Waals surface area (Å²) in [6.07, 6.45) is 5.21. The molecule has 132 valence electrons. The van der Waals surface area contributed by atoms with Gasteiger partial charge in [-0.3, -0.25) is 0 Å². The number of likely N-dealkylation sites (N-methyl/N-ethyl adjacent to an activating group) is 1. The van der Waals surface area contributed by atoms with Crippen LogP contribution < -0.4 is 5.32 Å². The van der Waals surface area contributed by atoms with Gasteiger partial charge in [0.1, 0.15) is 17.0 Å². The molecule has 0 aromatic carbocycles. The third-order valence-electron chi connectivity index (χ3n) is 4.90. The molecule has 25 heavy (non-hydrogen) atoms. The minimum absolute atomic E-state index is 0.463. The first-order valence-electron chi connectivity index (χ1n) is 9.03. The third kappa shape index (κ3) is 2.87. The number of nitrogens with one attached hydrogen (secondary N) is 1. The lowest BCUT2D eigenvalue weighted by molar-refractivity contribution is 0.425. The van der Waals surface area contributed by atoms with Gasteiger partial charge in [-0.2, -0.15) is 0 Å². The monoisotopic (exact) mass is 355 g/mol. The Labute approximate surface area is 152 Å². The van der Waals surface area contributed by atoms with Crippen molar-refractivity contribution in [2.45, 2.75) is 39.0 Å². The number of fused-ring (bicyclic) bond motifs is 5. The molecule has 0 aliphatic heterocycles. The van der Waals surface area contributed by atoms with Crippen LogP contribution in [-0.2, 0) is 12.8 Å². The normalized spacial score (nSPS) is 14.2. The lowest BCUT2D eigenvalue weighted by atomic mass is 9.99. The first-order valence-corrected chi connectivity index (χ1v) is 9.85. The summed E-state index contributed by atoms with van der Waals surface area (Å²) in [6, 6.07) is 0. The second kappa shape index (κ2) is 6.50. The molecule has 1 N–H and O–H groups in total. The molecular formula is C19H25N5S. The van der Waals surface area contributed by atoms with Gasteiger partial charge in [0.2, 0.25) is 0 Å². The maximum Gasteiger partial charge on any atom is 0.147 e. The zero-order valence-electron chi connectivity index (χ0n) is 15.4. The molecule has 0 unspecified atom stereocenters. The molecule has 0 radical (unpaired) electrons. The topological polar surface area (TPSA) is 53.9 Å². The van der Waals surface area contributed by atoms with Crippen molar-refractivity contribution in [3.63, 3.8) is 0 Å². The van der Waals surface area contributed by atoms with Gasteiger partial charge in [0, 0.05) is 24.2 Å². The van der Waals surface area contributed by atoms with Gasteiger partial charge in [-0.05, 0) is 50.4 Å². The summed E-state index contributed by atoms with van der Waals surface area (Å²) in [4.78, 5) is 17.5. The van der Waals surface area contributed by atoms with Gasteiger partial charge in [0.15, 0.2) is 0 Å². The Morgan fingerprint density at radius 2 is 2.00 bits per heavy atom. The fourth-order valence-corrected chi connectivity index (χ4v) is 4.86. The van der Waals surface area contributed by atoms with Gasteiger partial charge in [0.05, 0.1) is 10.2 Å². The van der Waals surface area contributed by atoms with Crippen LogP contribution in [0.5, 0.6) is 0 Å². The molecule has 0 saturated carbocycles. The van der Waals surface area contributed by atoms with Crippen LogP contribution >= 0.6 is 11.3 Å². The van der Waals surface area contributed by atoms with Crippen LogP contribution in [0.25, 0.3) is 20.4 Å². The molecule has 0 amide bonds. The Morgan fingerprint density at radius 3 is 2.76 bits per heavy atom. The first-order chi connectivity index (χ1) is 12.1. The highest BCUT2D eigenvalue weighted by molar-refractivity contribution is 7.26. The van der Waals surface area contributed by atoms with E-state index in [-0.39, 0.29) is 0 Å². The molecule has 3 aromatic rings. The van der Waals surface area contributed by atoms with Crippen LogP contribution in [0.15, 0.2) is 6.33 Å². The van der Waals surface area contributed by atoms with E-state index in [9.17, 15) is 0 Å². The van der Waals surface area contributed by atoms with Crippen LogP contribution in [0.3, 0.4) is 0 Å². The lowest BCUT2D eigenvalue weighted by Crippen LogP contribution is -2.21. The Morgan fingerprint density at radius 1 is 1.20 bits per heavy atom. The molecule has 4 rings (SSSR count). The van der Waals surface area contributed by atoms with E-state index in [1.807, 2.05) is 0 Å². The van der Waals surface area contributed by atoms with E-state index in [0.717, 1.165) is 46.8 Å². The minimum Gasteiger partial charge on any atom is -0.367 e. The van der Waals surface area contributed by atoms with Gasteiger partial charge < -0.3 is 10.2 Å². The summed E-state index contributed by atoms with van der Waals surface area (Å²) in [6.45, 7) is 6.33. The summed E-state index contributed by atoms with van der Waals surface area (Å²) >= 11 is 1.73. The van der Waals surface area contributed by atoms with Crippen molar-refractivity contribution in [1.82, 2.24) is 19.9 Å². The van der Waals surface area contributed by atoms with Crippen LogP contribution in [0.1, 0.15) is 43.0 Å². The number of hydrogen-bond acceptors (Lipinski definition) is 6. The number of aryl methyl sites for hydroxylation is 1. The molecule has 6 heteroatoms. The average molecular weight is 356 g/mol. The van der Waals surface area contributed by atoms with Gasteiger partial charge in [-0.1, -0.05) is 13.8 Å². The molecule has 1 aliphatic carbocycles. The molecule has 0 bridgehead atoms. The fourth-order valence-electron chi connectivity index (χ4n) is 3.73. The predicted octanol–water partition coefficient (Wildman–Crippen LogP) is 3.83. The number of nitrogens with zero attached hydrogens (tertiary/aromatic N) is 4. The van der Waals surface area contributed by atoms with E-state index in [1.54, 1.807) is 17.7 Å². The number of rotatable bonds is 5. The summed E-state index contributed by atoms with van der Waals surface area (Å²) in [5.74, 6) is 1.40. The quantitative estimate of drug-likeness (QED) is 0.754. The highest BCUT2D eigenvalue weighted by Crippen LogP contribution is 2.42. The molecular weight excluding hydrogens is 330 g/mol. The van der Waals surface area contributed by atoms with Crippen molar-refractivity contribution < 1.29 is 0 Å². The number of anilines is 1. The lowest BCUT2D eigenvalue weighted by Gasteiger charge is -2.12. The number of thiophene rings is 1. The van der Waals surface area contributed by atoms with E-state index in [0.29, 0.717) is 5.92 Å². The van der Waals surface area contributed by atoms with Crippen molar-refractivity contribution in [2.24, 2.45) is 0 Å². The zero-order valence-corrected chi connectivity index (χ0v) is 16.2. The average Bonchev–Trinajstić information content (AvgIpc) is 3.17. The van der Waals surface area contributed by atoms with Crippen LogP contribution in [0.4, 0.5) is 5.82 Å². The van der Waals surface area contributed by atoms with Crippen molar-refractivity contribution >= 4 is 37.6 Å². The van der Waals surface area contributed by atoms with E-state index in [4.69, 9.17) is 4.98 Å². The van der Waals surface area contributed by atoms with E-state index < -0.39 is 0 Å². The zero-order chi connectivity index (χ0) is 17.6. The maximum absolute atomic E-state index is 5.05. The summed E-state index contributed by atoms with van der Waals surface area (Å²) in [7, 11) is 4.16. The minimum atomic E-state index is 0.463. The van der Waals surface area contributed by atoms with Crippen LogP contribution in [0, 0.1) is 0 Å². The maximum atomic E-state index is 5.05. The molecule has 5 nitrogen and oxygen atoms in total. The van der Waals surface area contributed by atoms with E-state index >= 15 is 0 Å². The molecule has 0 atom stereocenters. The summed E-state index contributed by atoms with van der Waals surface area (Å²) in [5.41, 5.74) is 5.31. The van der Waals surface area contributed by atoms with E-state index in [1.165, 1.54) is 28.6 Å². The second-order valence-corrected chi connectivity index (χ2v) is 8.37. The van der Waals surface area contributed by atoms with Crippen LogP contribution in [0.2, 0.25) is 0 Å². The Bertz CT molecular complexity index is 929. The number of pyridine rings is 1. The SMILES string of the molecule is CC(C)c1nc2sc3c(NCCN(C)C)ncnc3c2c2c1CCC2. The smallest absolute Gasteiger partial charge is 0.147 e. The standard InChI is InChI=1S/C19H25N5S/c1-11(2)15-13-7-5-6-12(13)14-16-17(25-19(14)23-15)18(22-10-21-16)20-8-9-24(3)4/h10-11H,5-9H2,1-4H3,(H,20,21,22). The largest absolute Gasteiger partial charge is 0.367 e. The highest BCUT2D eigenvalue weighted by atomic mass is 32.1. The Balaban J connectivity index is 1.87. The van der Waals surface area contributed by atoms with Crippen molar-refractivity contribution in [1.29, 1.82) is 0 Å². The van der Waals surface area contributed by atoms with E-state index in [2.05, 4.69) is 48.1 Å². The van der Waals surface area contributed by atoms with Crippen molar-refractivity contribution in [2.75, 3.05) is 32.5 Å². The predicted molar refractivity (Wildman–Crippen MR) is 106 cm³/mol. The van der Waals surface area contributed by atoms with Crippen molar-refractivity contribution in [3.05, 3.63) is 23.1 Å². The third-order valence-corrected chi connectivity index (χ3v) is 5.98. The van der Waals surface area contributed by atoms with Gasteiger partial charge >= 0.3 is 0 Å². The molecule has 1 aliphatic rings. The molecule has 0 saturated heterocycles. The van der Waals surface area contributed by atoms with Gasteiger partial charge in [0.25, 0.3) is 0 Å². The summed E-state index contributed by atoms with van der Waals surface area (Å²) < 4.78 is 1.14. The number of hydrogen-bond donors (Lipinski definition) is 1. The number of aromatic nitrogens is 3. The van der Waals surface area contributed by atoms with Gasteiger partial charge in [-0.15, -0.1) is 11.3 Å². The molecule has 3 aromatic heterocycles. The highest BCUT2D eigenvalue weighted by Gasteiger charge is 2.25. The first kappa shape index (κ1) is 16.7. The Hall–Kier alpha value is -1.79. The van der Waals surface area contributed by atoms with Crippen LogP contribution in [-0.4, -0.2) is 47.0 Å². The van der Waals surface area contributed by atoms with Gasteiger partial charge in [-0.25, -0.2) is 15.0 Å². The molecule has 0 fully saturated rings. The summed E-state index contributed by atoms with van der Waals surface area (Å²) in [5, 5.41) is 4.75. The molecule has 3 heterocycles. The van der Waals surface area contributed by atoms with Crippen molar-refractivity contribution in [3.8, 4) is 0 Å². The Kier molecular flexibility index (Phi) is 4.33. The second-order valence-electron chi connectivity index (χ2n) is 7.37.